The molecule has 0 spiro atoms. The Hall–Kier alpha value is -1.75. The summed E-state index contributed by atoms with van der Waals surface area (Å²) >= 11 is 6.17. The van der Waals surface area contributed by atoms with Crippen LogP contribution < -0.4 is 10.5 Å². The number of ether oxygens (including phenoxy) is 1. The Kier molecular flexibility index (Phi) is 8.61. The monoisotopic (exact) mass is 422 g/mol. The molecule has 1 heterocycles. The number of likely N-dealkylation sites (tertiary alicyclic amines) is 1. The molecule has 3 rings (SSSR count). The van der Waals surface area contributed by atoms with Gasteiger partial charge < -0.3 is 15.4 Å². The maximum atomic E-state index is 12.7. The SMILES string of the molecule is CC(N)C1CCCN(C(=O)Cc2cccc(OCc3ccccc3Cl)c2)C1.Cl. The number of amides is 1. The largest absolute Gasteiger partial charge is 0.489 e. The normalized spacial score (nSPS) is 17.5. The van der Waals surface area contributed by atoms with Gasteiger partial charge in [0, 0.05) is 29.7 Å². The van der Waals surface area contributed by atoms with Gasteiger partial charge in [0.1, 0.15) is 12.4 Å². The van der Waals surface area contributed by atoms with Gasteiger partial charge in [-0.15, -0.1) is 12.4 Å². The van der Waals surface area contributed by atoms with Gasteiger partial charge >= 0.3 is 0 Å². The molecule has 6 heteroatoms. The number of carbonyl (C=O) groups is 1. The Bertz CT molecular complexity index is 783. The maximum Gasteiger partial charge on any atom is 0.227 e. The molecule has 2 N–H and O–H groups in total. The van der Waals surface area contributed by atoms with Crippen LogP contribution in [-0.4, -0.2) is 29.9 Å². The van der Waals surface area contributed by atoms with E-state index in [0.29, 0.717) is 24.0 Å². The standard InChI is InChI=1S/C22H27ClN2O2.ClH/c1-16(24)18-8-5-11-25(14-18)22(26)13-17-6-4-9-20(12-17)27-15-19-7-2-3-10-21(19)23;/h2-4,6-7,9-10,12,16,18H,5,8,11,13-15,24H2,1H3;1H. The summed E-state index contributed by atoms with van der Waals surface area (Å²) in [6.07, 6.45) is 2.51. The molecule has 152 valence electrons. The molecular weight excluding hydrogens is 395 g/mol. The van der Waals surface area contributed by atoms with Gasteiger partial charge in [-0.25, -0.2) is 0 Å². The molecule has 0 radical (unpaired) electrons. The van der Waals surface area contributed by atoms with Gasteiger partial charge in [0.05, 0.1) is 6.42 Å². The van der Waals surface area contributed by atoms with Gasteiger partial charge in [0.15, 0.2) is 0 Å². The summed E-state index contributed by atoms with van der Waals surface area (Å²) in [7, 11) is 0. The number of piperidine rings is 1. The lowest BCUT2D eigenvalue weighted by Gasteiger charge is -2.34. The molecule has 1 amide bonds. The second kappa shape index (κ2) is 10.7. The van der Waals surface area contributed by atoms with Crippen molar-refractivity contribution >= 4 is 29.9 Å². The van der Waals surface area contributed by atoms with Crippen LogP contribution >= 0.6 is 24.0 Å². The van der Waals surface area contributed by atoms with E-state index >= 15 is 0 Å². The van der Waals surface area contributed by atoms with E-state index in [0.717, 1.165) is 42.8 Å². The van der Waals surface area contributed by atoms with E-state index in [1.807, 2.05) is 60.4 Å². The van der Waals surface area contributed by atoms with Crippen LogP contribution in [0.1, 0.15) is 30.9 Å². The quantitative estimate of drug-likeness (QED) is 0.746. The first kappa shape index (κ1) is 22.5. The summed E-state index contributed by atoms with van der Waals surface area (Å²) < 4.78 is 5.86. The molecule has 1 saturated heterocycles. The summed E-state index contributed by atoms with van der Waals surface area (Å²) in [6.45, 7) is 4.02. The van der Waals surface area contributed by atoms with Gasteiger partial charge in [-0.2, -0.15) is 0 Å². The predicted molar refractivity (Wildman–Crippen MR) is 116 cm³/mol. The zero-order chi connectivity index (χ0) is 19.2. The number of nitrogens with two attached hydrogens (primary N) is 1. The molecule has 28 heavy (non-hydrogen) atoms. The highest BCUT2D eigenvalue weighted by Gasteiger charge is 2.25. The van der Waals surface area contributed by atoms with Crippen LogP contribution in [-0.2, 0) is 17.8 Å². The van der Waals surface area contributed by atoms with Gasteiger partial charge in [0.25, 0.3) is 0 Å². The number of hydrogen-bond donors (Lipinski definition) is 1. The molecule has 0 aliphatic carbocycles. The summed E-state index contributed by atoms with van der Waals surface area (Å²) in [5, 5.41) is 0.692. The minimum atomic E-state index is 0. The van der Waals surface area contributed by atoms with Crippen molar-refractivity contribution in [2.75, 3.05) is 13.1 Å². The van der Waals surface area contributed by atoms with Gasteiger partial charge in [-0.05, 0) is 49.4 Å². The van der Waals surface area contributed by atoms with Crippen molar-refractivity contribution in [1.29, 1.82) is 0 Å². The number of hydrogen-bond acceptors (Lipinski definition) is 3. The number of carbonyl (C=O) groups excluding carboxylic acids is 1. The number of halogens is 2. The van der Waals surface area contributed by atoms with Gasteiger partial charge in [0.2, 0.25) is 5.91 Å². The number of rotatable bonds is 6. The lowest BCUT2D eigenvalue weighted by Crippen LogP contribution is -2.45. The molecule has 2 unspecified atom stereocenters. The Balaban J connectivity index is 0.00000280. The van der Waals surface area contributed by atoms with Crippen LogP contribution in [0.15, 0.2) is 48.5 Å². The molecule has 2 aromatic carbocycles. The first-order valence-corrected chi connectivity index (χ1v) is 9.89. The van der Waals surface area contributed by atoms with Crippen LogP contribution in [0.5, 0.6) is 5.75 Å². The van der Waals surface area contributed by atoms with E-state index < -0.39 is 0 Å². The Morgan fingerprint density at radius 3 is 2.82 bits per heavy atom. The molecule has 2 atom stereocenters. The average molecular weight is 423 g/mol. The van der Waals surface area contributed by atoms with E-state index in [9.17, 15) is 4.79 Å². The molecule has 2 aromatic rings. The van der Waals surface area contributed by atoms with Crippen molar-refractivity contribution in [3.63, 3.8) is 0 Å². The van der Waals surface area contributed by atoms with Crippen LogP contribution in [0.4, 0.5) is 0 Å². The Morgan fingerprint density at radius 1 is 1.29 bits per heavy atom. The van der Waals surface area contributed by atoms with Crippen molar-refractivity contribution in [3.8, 4) is 5.75 Å². The molecule has 0 saturated carbocycles. The topological polar surface area (TPSA) is 55.6 Å². The second-order valence-electron chi connectivity index (χ2n) is 7.31. The minimum Gasteiger partial charge on any atom is -0.489 e. The van der Waals surface area contributed by atoms with Crippen LogP contribution in [0.2, 0.25) is 5.02 Å². The summed E-state index contributed by atoms with van der Waals surface area (Å²) in [5.41, 5.74) is 7.93. The average Bonchev–Trinajstić information content (AvgIpc) is 2.68. The molecule has 1 aliphatic rings. The number of nitrogens with zero attached hydrogens (tertiary/aromatic N) is 1. The van der Waals surface area contributed by atoms with Gasteiger partial charge in [-0.3, -0.25) is 4.79 Å². The summed E-state index contributed by atoms with van der Waals surface area (Å²) in [5.74, 6) is 1.30. The summed E-state index contributed by atoms with van der Waals surface area (Å²) in [6, 6.07) is 15.5. The van der Waals surface area contributed by atoms with Crippen molar-refractivity contribution in [2.45, 2.75) is 38.8 Å². The fourth-order valence-electron chi connectivity index (χ4n) is 3.47. The second-order valence-corrected chi connectivity index (χ2v) is 7.71. The molecule has 1 fully saturated rings. The van der Waals surface area contributed by atoms with E-state index in [1.54, 1.807) is 0 Å². The Labute approximate surface area is 178 Å². The fourth-order valence-corrected chi connectivity index (χ4v) is 3.66. The Morgan fingerprint density at radius 2 is 2.07 bits per heavy atom. The number of benzene rings is 2. The first-order chi connectivity index (χ1) is 13.0. The third-order valence-electron chi connectivity index (χ3n) is 5.16. The van der Waals surface area contributed by atoms with Crippen LogP contribution in [0.3, 0.4) is 0 Å². The minimum absolute atomic E-state index is 0. The van der Waals surface area contributed by atoms with Crippen molar-refractivity contribution in [3.05, 3.63) is 64.7 Å². The molecule has 4 nitrogen and oxygen atoms in total. The molecular formula is C22H28Cl2N2O2. The van der Waals surface area contributed by atoms with Crippen molar-refractivity contribution < 1.29 is 9.53 Å². The smallest absolute Gasteiger partial charge is 0.227 e. The lowest BCUT2D eigenvalue weighted by atomic mass is 9.92. The molecule has 0 aromatic heterocycles. The maximum absolute atomic E-state index is 12.7. The molecule has 1 aliphatic heterocycles. The van der Waals surface area contributed by atoms with Gasteiger partial charge in [-0.1, -0.05) is 41.9 Å². The first-order valence-electron chi connectivity index (χ1n) is 9.51. The third kappa shape index (κ3) is 6.13. The zero-order valence-corrected chi connectivity index (χ0v) is 17.7. The summed E-state index contributed by atoms with van der Waals surface area (Å²) in [4.78, 5) is 14.7. The fraction of sp³-hybridized carbons (Fsp3) is 0.409. The highest BCUT2D eigenvalue weighted by atomic mass is 35.5. The van der Waals surface area contributed by atoms with Crippen molar-refractivity contribution in [2.24, 2.45) is 11.7 Å². The van der Waals surface area contributed by atoms with E-state index in [4.69, 9.17) is 22.1 Å². The van der Waals surface area contributed by atoms with Crippen LogP contribution in [0, 0.1) is 5.92 Å². The lowest BCUT2D eigenvalue weighted by molar-refractivity contribution is -0.132. The molecule has 0 bridgehead atoms. The van der Waals surface area contributed by atoms with E-state index in [-0.39, 0.29) is 24.4 Å². The van der Waals surface area contributed by atoms with E-state index in [1.165, 1.54) is 0 Å². The predicted octanol–water partition coefficient (Wildman–Crippen LogP) is 4.47. The highest BCUT2D eigenvalue weighted by molar-refractivity contribution is 6.31. The third-order valence-corrected chi connectivity index (χ3v) is 5.53. The van der Waals surface area contributed by atoms with Crippen LogP contribution in [0.25, 0.3) is 0 Å². The van der Waals surface area contributed by atoms with Crippen molar-refractivity contribution in [1.82, 2.24) is 4.90 Å². The van der Waals surface area contributed by atoms with E-state index in [2.05, 4.69) is 0 Å². The highest BCUT2D eigenvalue weighted by Crippen LogP contribution is 2.22. The zero-order valence-electron chi connectivity index (χ0n) is 16.1.